The summed E-state index contributed by atoms with van der Waals surface area (Å²) in [6.45, 7) is 14.8. The van der Waals surface area contributed by atoms with Crippen LogP contribution in [-0.4, -0.2) is 93.3 Å². The van der Waals surface area contributed by atoms with Gasteiger partial charge < -0.3 is 54.6 Å². The molecule has 6 N–H and O–H groups in total. The van der Waals surface area contributed by atoms with E-state index >= 15 is 0 Å². The summed E-state index contributed by atoms with van der Waals surface area (Å²) in [4.78, 5) is 45.9. The van der Waals surface area contributed by atoms with Crippen LogP contribution in [0.5, 0.6) is 23.0 Å². The van der Waals surface area contributed by atoms with Crippen LogP contribution in [0.25, 0.3) is 10.8 Å². The molecule has 60 heavy (non-hydrogen) atoms. The van der Waals surface area contributed by atoms with Crippen LogP contribution in [0.3, 0.4) is 0 Å². The summed E-state index contributed by atoms with van der Waals surface area (Å²) < 4.78 is 23.5. The molecule has 3 aliphatic heterocycles. The lowest BCUT2D eigenvalue weighted by Crippen LogP contribution is -2.46. The zero-order valence-corrected chi connectivity index (χ0v) is 36.3. The molecular formula is C45H62N2O13. The molecule has 2 aromatic carbocycles. The molecule has 0 saturated heterocycles. The van der Waals surface area contributed by atoms with E-state index in [-0.39, 0.29) is 51.1 Å². The maximum Gasteiger partial charge on any atom is 0.312 e. The van der Waals surface area contributed by atoms with Gasteiger partial charge in [0.15, 0.2) is 5.75 Å². The second kappa shape index (κ2) is 20.4. The molecule has 1 amide bonds. The SMILES string of the molecule is CCCCCCCON=Cc1c2c(O)c3c(O)c(C)c4c(c3c1O)C(=O)[C@@](C)(O/C=C\[C@H](OC)[C@@H](C)[C@@H](OC(C)=O)[C@H](C)[C@H](O)[C@H](C)[C@@H](O)[C@@H](C)/C=C\C=C(\C)C(=O)N2)O4. The summed E-state index contributed by atoms with van der Waals surface area (Å²) >= 11 is 0. The predicted molar refractivity (Wildman–Crippen MR) is 226 cm³/mol. The Hall–Kier alpha value is -5.12. The van der Waals surface area contributed by atoms with E-state index in [9.17, 15) is 39.9 Å². The number of Topliss-reactive ketones (excluding diaryl/α,β-unsaturated/α-hetero) is 1. The molecule has 2 aromatic rings. The van der Waals surface area contributed by atoms with Crippen molar-refractivity contribution < 1.29 is 63.7 Å². The number of fused-ring (bicyclic) bond motifs is 14. The quantitative estimate of drug-likeness (QED) is 0.0352. The molecule has 0 radical (unpaired) electrons. The summed E-state index contributed by atoms with van der Waals surface area (Å²) in [6.07, 6.45) is 9.45. The lowest BCUT2D eigenvalue weighted by atomic mass is 9.78. The highest BCUT2D eigenvalue weighted by atomic mass is 16.7. The fourth-order valence-corrected chi connectivity index (χ4v) is 7.79. The molecule has 5 bridgehead atoms. The van der Waals surface area contributed by atoms with Crippen molar-refractivity contribution >= 4 is 40.3 Å². The van der Waals surface area contributed by atoms with Crippen LogP contribution in [0, 0.1) is 30.6 Å². The normalized spacial score (nSPS) is 29.8. The van der Waals surface area contributed by atoms with Gasteiger partial charge in [0.05, 0.1) is 53.0 Å². The van der Waals surface area contributed by atoms with Crippen molar-refractivity contribution in [3.8, 4) is 23.0 Å². The number of nitrogens with one attached hydrogen (secondary N) is 1. The Bertz CT molecular complexity index is 2020. The van der Waals surface area contributed by atoms with E-state index in [0.29, 0.717) is 0 Å². The van der Waals surface area contributed by atoms with Crippen LogP contribution in [0.15, 0.2) is 41.3 Å². The fraction of sp³-hybridized carbons (Fsp3) is 0.556. The third-order valence-corrected chi connectivity index (χ3v) is 11.6. The first-order valence-electron chi connectivity index (χ1n) is 20.6. The lowest BCUT2D eigenvalue weighted by molar-refractivity contribution is -0.160. The average Bonchev–Trinajstić information content (AvgIpc) is 3.47. The number of amides is 1. The monoisotopic (exact) mass is 838 g/mol. The molecule has 330 valence electrons. The average molecular weight is 839 g/mol. The Balaban J connectivity index is 1.92. The van der Waals surface area contributed by atoms with Crippen LogP contribution in [0.1, 0.15) is 109 Å². The van der Waals surface area contributed by atoms with Gasteiger partial charge in [0.25, 0.3) is 11.7 Å². The fourth-order valence-electron chi connectivity index (χ4n) is 7.79. The number of aliphatic hydroxyl groups excluding tert-OH is 2. The number of ketones is 1. The van der Waals surface area contributed by atoms with Crippen molar-refractivity contribution in [1.82, 2.24) is 0 Å². The molecule has 3 heterocycles. The number of esters is 1. The zero-order chi connectivity index (χ0) is 44.6. The van der Waals surface area contributed by atoms with E-state index in [2.05, 4.69) is 17.4 Å². The highest BCUT2D eigenvalue weighted by Crippen LogP contribution is 2.55. The van der Waals surface area contributed by atoms with Gasteiger partial charge >= 0.3 is 11.8 Å². The Kier molecular flexibility index (Phi) is 16.2. The molecule has 0 saturated carbocycles. The van der Waals surface area contributed by atoms with E-state index < -0.39 is 88.8 Å². The number of nitrogens with zero attached hydrogens (tertiary/aromatic N) is 1. The highest BCUT2D eigenvalue weighted by molar-refractivity contribution is 6.23. The Morgan fingerprint density at radius 1 is 0.933 bits per heavy atom. The number of aromatic hydroxyl groups is 3. The standard InChI is InChI=1S/C45H62N2O13/c1-11-12-13-14-15-20-58-46-22-30-35-40(53)33-32(39(30)52)34-42(28(7)38(33)51)60-45(9,43(34)54)57-21-19-31(56-10)25(4)41(59-29(8)48)27(6)37(50)26(5)36(49)23(2)17-16-18-24(3)44(55)47-35/h16-19,21-23,25-27,31,36-37,41,49-53H,11-15,20H2,1-10H3,(H,47,55)/b17-16-,21-19-,24-18-,46-22?/t23-,25+,26+,27+,31-,36-,37+,41+,45-/m0/s1. The van der Waals surface area contributed by atoms with Crippen LogP contribution in [-0.2, 0) is 28.6 Å². The van der Waals surface area contributed by atoms with Crippen molar-refractivity contribution in [3.05, 3.63) is 52.8 Å². The number of anilines is 1. The number of oxime groups is 1. The molecule has 3 aliphatic rings. The van der Waals surface area contributed by atoms with Crippen molar-refractivity contribution in [2.45, 2.75) is 125 Å². The van der Waals surface area contributed by atoms with Crippen molar-refractivity contribution in [1.29, 1.82) is 0 Å². The molecule has 5 rings (SSSR count). The molecule has 9 atom stereocenters. The topological polar surface area (TPSA) is 223 Å². The number of carbonyl (C=O) groups is 3. The van der Waals surface area contributed by atoms with E-state index in [1.54, 1.807) is 39.8 Å². The van der Waals surface area contributed by atoms with Crippen LogP contribution >= 0.6 is 0 Å². The predicted octanol–water partition coefficient (Wildman–Crippen LogP) is 7.08. The first-order chi connectivity index (χ1) is 28.3. The van der Waals surface area contributed by atoms with E-state index in [1.165, 1.54) is 53.2 Å². The van der Waals surface area contributed by atoms with Crippen LogP contribution in [0.4, 0.5) is 5.69 Å². The van der Waals surface area contributed by atoms with E-state index in [1.807, 2.05) is 0 Å². The molecule has 0 unspecified atom stereocenters. The molecule has 0 fully saturated rings. The number of carbonyl (C=O) groups excluding carboxylic acids is 3. The van der Waals surface area contributed by atoms with Gasteiger partial charge in [-0.3, -0.25) is 14.4 Å². The number of ether oxygens (including phenoxy) is 4. The van der Waals surface area contributed by atoms with Gasteiger partial charge in [0, 0.05) is 61.2 Å². The first-order valence-corrected chi connectivity index (χ1v) is 20.6. The van der Waals surface area contributed by atoms with Gasteiger partial charge in [0.1, 0.15) is 30.0 Å². The minimum Gasteiger partial charge on any atom is -0.507 e. The number of benzene rings is 2. The maximum atomic E-state index is 14.4. The minimum absolute atomic E-state index is 0.0411. The number of phenolic OH excluding ortho intramolecular Hbond substituents is 3. The Labute approximate surface area is 351 Å². The molecule has 0 aliphatic carbocycles. The summed E-state index contributed by atoms with van der Waals surface area (Å²) in [5, 5.41) is 64.2. The number of unbranched alkanes of at least 4 members (excludes halogenated alkanes) is 4. The van der Waals surface area contributed by atoms with Gasteiger partial charge in [-0.05, 0) is 32.8 Å². The van der Waals surface area contributed by atoms with Gasteiger partial charge in [-0.15, -0.1) is 0 Å². The minimum atomic E-state index is -2.06. The second-order valence-electron chi connectivity index (χ2n) is 16.1. The number of aliphatic hydroxyl groups is 2. The van der Waals surface area contributed by atoms with Gasteiger partial charge in [-0.25, -0.2) is 0 Å². The number of phenols is 3. The summed E-state index contributed by atoms with van der Waals surface area (Å²) in [6, 6.07) is 0. The van der Waals surface area contributed by atoms with Crippen LogP contribution in [0.2, 0.25) is 0 Å². The number of rotatable bonds is 10. The largest absolute Gasteiger partial charge is 0.507 e. The van der Waals surface area contributed by atoms with Crippen LogP contribution < -0.4 is 10.1 Å². The smallest absolute Gasteiger partial charge is 0.312 e. The molecule has 0 spiro atoms. The third kappa shape index (κ3) is 10.1. The summed E-state index contributed by atoms with van der Waals surface area (Å²) in [5.41, 5.74) is -0.549. The summed E-state index contributed by atoms with van der Waals surface area (Å²) in [5.74, 6) is -8.55. The zero-order valence-electron chi connectivity index (χ0n) is 36.3. The second-order valence-corrected chi connectivity index (χ2v) is 16.1. The number of allylic oxidation sites excluding steroid dienone is 2. The summed E-state index contributed by atoms with van der Waals surface area (Å²) in [7, 11) is 1.43. The number of hydrogen-bond donors (Lipinski definition) is 6. The molecule has 15 heteroatoms. The number of methoxy groups -OCH3 is 1. The molecular weight excluding hydrogens is 776 g/mol. The van der Waals surface area contributed by atoms with E-state index in [4.69, 9.17) is 23.8 Å². The Morgan fingerprint density at radius 2 is 1.62 bits per heavy atom. The molecule has 0 aromatic heterocycles. The van der Waals surface area contributed by atoms with Gasteiger partial charge in [-0.1, -0.05) is 77.3 Å². The van der Waals surface area contributed by atoms with Crippen molar-refractivity contribution in [2.24, 2.45) is 28.8 Å². The number of hydrogen-bond acceptors (Lipinski definition) is 14. The van der Waals surface area contributed by atoms with Gasteiger partial charge in [0.2, 0.25) is 0 Å². The van der Waals surface area contributed by atoms with Gasteiger partial charge in [-0.2, -0.15) is 0 Å². The van der Waals surface area contributed by atoms with Crippen molar-refractivity contribution in [3.63, 3.8) is 0 Å². The highest BCUT2D eigenvalue weighted by Gasteiger charge is 2.50. The lowest BCUT2D eigenvalue weighted by Gasteiger charge is -2.38. The van der Waals surface area contributed by atoms with E-state index in [0.717, 1.165) is 38.3 Å². The third-order valence-electron chi connectivity index (χ3n) is 11.6. The Morgan fingerprint density at radius 3 is 2.27 bits per heavy atom. The van der Waals surface area contributed by atoms with Crippen molar-refractivity contribution in [2.75, 3.05) is 19.0 Å². The first kappa shape index (κ1) is 47.6. The maximum absolute atomic E-state index is 14.4. The molecule has 15 nitrogen and oxygen atoms in total.